The second kappa shape index (κ2) is 8.89. The minimum Gasteiger partial charge on any atom is -0.379 e. The number of halogens is 4. The van der Waals surface area contributed by atoms with Crippen molar-refractivity contribution in [3.63, 3.8) is 0 Å². The molecule has 0 radical (unpaired) electrons. The molecule has 0 bridgehead atoms. The maximum absolute atomic E-state index is 13.6. The highest BCUT2D eigenvalue weighted by molar-refractivity contribution is 5.85. The van der Waals surface area contributed by atoms with Crippen molar-refractivity contribution in [2.24, 2.45) is 5.92 Å². The van der Waals surface area contributed by atoms with Gasteiger partial charge in [0.15, 0.2) is 5.60 Å². The fourth-order valence-corrected chi connectivity index (χ4v) is 3.94. The number of hydrogen-bond donors (Lipinski definition) is 3. The number of ether oxygens (including phenoxy) is 1. The van der Waals surface area contributed by atoms with E-state index in [4.69, 9.17) is 4.74 Å². The fourth-order valence-electron chi connectivity index (χ4n) is 3.94. The summed E-state index contributed by atoms with van der Waals surface area (Å²) in [5.41, 5.74) is -3.03. The average Bonchev–Trinajstić information content (AvgIpc) is 3.09. The van der Waals surface area contributed by atoms with Crippen LogP contribution >= 0.6 is 12.4 Å². The van der Waals surface area contributed by atoms with Crippen LogP contribution in [0.2, 0.25) is 0 Å². The average molecular weight is 395 g/mol. The summed E-state index contributed by atoms with van der Waals surface area (Å²) in [5.74, 6) is 0.216. The fraction of sp³-hybridized carbons (Fsp3) is 0.667. The molecule has 0 spiro atoms. The Morgan fingerprint density at radius 3 is 2.54 bits per heavy atom. The van der Waals surface area contributed by atoms with Crippen molar-refractivity contribution in [3.05, 3.63) is 35.9 Å². The predicted octanol–water partition coefficient (Wildman–Crippen LogP) is 2.61. The molecular weight excluding hydrogens is 369 g/mol. The monoisotopic (exact) mass is 394 g/mol. The smallest absolute Gasteiger partial charge is 0.379 e. The molecule has 1 aliphatic heterocycles. The van der Waals surface area contributed by atoms with Crippen molar-refractivity contribution in [2.45, 2.75) is 43.1 Å². The van der Waals surface area contributed by atoms with E-state index in [1.54, 1.807) is 6.07 Å². The first-order valence-corrected chi connectivity index (χ1v) is 8.81. The van der Waals surface area contributed by atoms with Crippen molar-refractivity contribution in [1.29, 1.82) is 0 Å². The Labute approximate surface area is 157 Å². The topological polar surface area (TPSA) is 53.5 Å². The molecule has 148 valence electrons. The molecule has 0 aromatic heterocycles. The van der Waals surface area contributed by atoms with E-state index in [0.29, 0.717) is 13.2 Å². The first-order valence-electron chi connectivity index (χ1n) is 8.81. The molecule has 3 N–H and O–H groups in total. The lowest BCUT2D eigenvalue weighted by Crippen LogP contribution is -2.55. The maximum Gasteiger partial charge on any atom is 0.422 e. The summed E-state index contributed by atoms with van der Waals surface area (Å²) in [6, 6.07) is 7.38. The van der Waals surface area contributed by atoms with Gasteiger partial charge in [-0.3, -0.25) is 0 Å². The van der Waals surface area contributed by atoms with E-state index < -0.39 is 18.3 Å². The Balaban J connectivity index is 0.00000243. The molecule has 1 aromatic carbocycles. The van der Waals surface area contributed by atoms with Gasteiger partial charge in [-0.1, -0.05) is 36.8 Å². The number of rotatable bonds is 5. The summed E-state index contributed by atoms with van der Waals surface area (Å²) < 4.78 is 46.3. The predicted molar refractivity (Wildman–Crippen MR) is 95.4 cm³/mol. The Morgan fingerprint density at radius 2 is 1.92 bits per heavy atom. The van der Waals surface area contributed by atoms with E-state index in [1.807, 2.05) is 0 Å². The summed E-state index contributed by atoms with van der Waals surface area (Å²) >= 11 is 0. The maximum atomic E-state index is 13.6. The van der Waals surface area contributed by atoms with Crippen molar-refractivity contribution in [1.82, 2.24) is 10.6 Å². The van der Waals surface area contributed by atoms with Gasteiger partial charge in [-0.25, -0.2) is 0 Å². The van der Waals surface area contributed by atoms with E-state index >= 15 is 0 Å². The molecule has 1 aromatic rings. The molecule has 2 aliphatic rings. The van der Waals surface area contributed by atoms with Crippen molar-refractivity contribution in [3.8, 4) is 0 Å². The van der Waals surface area contributed by atoms with Crippen molar-refractivity contribution >= 4 is 12.4 Å². The summed E-state index contributed by atoms with van der Waals surface area (Å²) in [7, 11) is 0. The Kier molecular flexibility index (Phi) is 7.33. The lowest BCUT2D eigenvalue weighted by Gasteiger charge is -2.36. The van der Waals surface area contributed by atoms with Gasteiger partial charge in [-0.2, -0.15) is 13.2 Å². The van der Waals surface area contributed by atoms with Gasteiger partial charge in [-0.05, 0) is 24.3 Å². The SMILES string of the molecule is Cl.OC(CNC1CCCC1C1COCCN1)(c1ccccc1)C(F)(F)F. The Morgan fingerprint density at radius 1 is 1.19 bits per heavy atom. The Hall–Kier alpha value is -0.860. The minimum atomic E-state index is -4.75. The van der Waals surface area contributed by atoms with Gasteiger partial charge in [0.25, 0.3) is 0 Å². The number of benzene rings is 1. The third-order valence-corrected chi connectivity index (χ3v) is 5.38. The number of aliphatic hydroxyl groups is 1. The molecule has 1 heterocycles. The van der Waals surface area contributed by atoms with Crippen molar-refractivity contribution in [2.75, 3.05) is 26.3 Å². The van der Waals surface area contributed by atoms with E-state index in [9.17, 15) is 18.3 Å². The highest BCUT2D eigenvalue weighted by Gasteiger charge is 2.55. The number of alkyl halides is 3. The van der Waals surface area contributed by atoms with Crippen LogP contribution in [0.3, 0.4) is 0 Å². The van der Waals surface area contributed by atoms with Crippen molar-refractivity contribution < 1.29 is 23.0 Å². The van der Waals surface area contributed by atoms with Gasteiger partial charge in [0.2, 0.25) is 0 Å². The highest BCUT2D eigenvalue weighted by Crippen LogP contribution is 2.39. The first kappa shape index (κ1) is 21.4. The van der Waals surface area contributed by atoms with Crippen LogP contribution in [0.5, 0.6) is 0 Å². The zero-order chi connectivity index (χ0) is 17.9. The van der Waals surface area contributed by atoms with Crippen LogP contribution < -0.4 is 10.6 Å². The molecule has 2 fully saturated rings. The molecular formula is C18H26ClF3N2O2. The molecule has 1 saturated heterocycles. The lowest BCUT2D eigenvalue weighted by molar-refractivity contribution is -0.265. The summed E-state index contributed by atoms with van der Waals surface area (Å²) in [6.07, 6.45) is -2.02. The molecule has 4 unspecified atom stereocenters. The highest BCUT2D eigenvalue weighted by atomic mass is 35.5. The largest absolute Gasteiger partial charge is 0.422 e. The van der Waals surface area contributed by atoms with Gasteiger partial charge in [0.1, 0.15) is 0 Å². The third kappa shape index (κ3) is 4.51. The number of hydrogen-bond acceptors (Lipinski definition) is 4. The summed E-state index contributed by atoms with van der Waals surface area (Å²) in [5, 5.41) is 16.9. The van der Waals surface area contributed by atoms with Gasteiger partial charge < -0.3 is 20.5 Å². The normalized spacial score (nSPS) is 29.0. The standard InChI is InChI=1S/C18H25F3N2O2.ClH/c19-18(20,21)17(24,13-5-2-1-3-6-13)12-23-15-8-4-7-14(15)16-11-25-10-9-22-16;/h1-3,5-6,14-16,22-24H,4,7-12H2;1H. The summed E-state index contributed by atoms with van der Waals surface area (Å²) in [4.78, 5) is 0. The molecule has 1 saturated carbocycles. The van der Waals surface area contributed by atoms with E-state index in [0.717, 1.165) is 25.8 Å². The number of nitrogens with one attached hydrogen (secondary N) is 2. The van der Waals surface area contributed by atoms with Crippen LogP contribution in [0.1, 0.15) is 24.8 Å². The molecule has 3 rings (SSSR count). The first-order chi connectivity index (χ1) is 11.9. The van der Waals surface area contributed by atoms with Crippen LogP contribution in [0.25, 0.3) is 0 Å². The van der Waals surface area contributed by atoms with Crippen LogP contribution in [0.15, 0.2) is 30.3 Å². The number of morpholine rings is 1. The molecule has 4 atom stereocenters. The second-order valence-corrected chi connectivity index (χ2v) is 6.94. The molecule has 0 amide bonds. The zero-order valence-electron chi connectivity index (χ0n) is 14.5. The van der Waals surface area contributed by atoms with Gasteiger partial charge >= 0.3 is 6.18 Å². The second-order valence-electron chi connectivity index (χ2n) is 6.94. The molecule has 4 nitrogen and oxygen atoms in total. The van der Waals surface area contributed by atoms with Gasteiger partial charge in [0.05, 0.1) is 13.2 Å². The molecule has 8 heteroatoms. The van der Waals surface area contributed by atoms with Gasteiger partial charge in [-0.15, -0.1) is 12.4 Å². The van der Waals surface area contributed by atoms with Crippen LogP contribution in [0.4, 0.5) is 13.2 Å². The van der Waals surface area contributed by atoms with E-state index in [1.165, 1.54) is 24.3 Å². The summed E-state index contributed by atoms with van der Waals surface area (Å²) in [6.45, 7) is 1.48. The minimum absolute atomic E-state index is 0. The Bertz CT molecular complexity index is 555. The van der Waals surface area contributed by atoms with E-state index in [-0.39, 0.29) is 36.0 Å². The molecule has 1 aliphatic carbocycles. The zero-order valence-corrected chi connectivity index (χ0v) is 15.3. The lowest BCUT2D eigenvalue weighted by atomic mass is 9.90. The van der Waals surface area contributed by atoms with E-state index in [2.05, 4.69) is 10.6 Å². The third-order valence-electron chi connectivity index (χ3n) is 5.38. The molecule has 26 heavy (non-hydrogen) atoms. The van der Waals surface area contributed by atoms with Crippen LogP contribution in [-0.4, -0.2) is 49.7 Å². The van der Waals surface area contributed by atoms with Gasteiger partial charge in [0, 0.05) is 25.2 Å². The van der Waals surface area contributed by atoms with Crippen LogP contribution in [-0.2, 0) is 10.3 Å². The quantitative estimate of drug-likeness (QED) is 0.718. The van der Waals surface area contributed by atoms with Crippen LogP contribution in [0, 0.1) is 5.92 Å².